The van der Waals surface area contributed by atoms with Crippen LogP contribution >= 0.6 is 0 Å². The molecule has 0 bridgehead atoms. The Hall–Kier alpha value is -0.0800. The Morgan fingerprint density at radius 3 is 2.00 bits per heavy atom. The van der Waals surface area contributed by atoms with Crippen LogP contribution in [0.3, 0.4) is 0 Å². The summed E-state index contributed by atoms with van der Waals surface area (Å²) in [6.07, 6.45) is 2.35. The fourth-order valence-corrected chi connectivity index (χ4v) is 1.31. The van der Waals surface area contributed by atoms with E-state index in [2.05, 4.69) is 34.9 Å². The molecule has 2 heteroatoms. The molecule has 0 aromatic carbocycles. The molecule has 0 aromatic rings. The van der Waals surface area contributed by atoms with Crippen LogP contribution in [0.2, 0.25) is 0 Å². The van der Waals surface area contributed by atoms with Gasteiger partial charge in [0.15, 0.2) is 0 Å². The summed E-state index contributed by atoms with van der Waals surface area (Å²) >= 11 is 0. The van der Waals surface area contributed by atoms with Crippen LogP contribution in [0.4, 0.5) is 0 Å². The van der Waals surface area contributed by atoms with Crippen molar-refractivity contribution in [2.45, 2.75) is 39.2 Å². The molecular weight excluding hydrogens is 148 g/mol. The minimum atomic E-state index is -0.0107. The molecule has 0 rings (SSSR count). The molecule has 2 nitrogen and oxygen atoms in total. The van der Waals surface area contributed by atoms with Crippen LogP contribution in [-0.2, 0) is 0 Å². The normalized spacial score (nSPS) is 13.5. The first kappa shape index (κ1) is 11.9. The van der Waals surface area contributed by atoms with Gasteiger partial charge in [0, 0.05) is 12.0 Å². The van der Waals surface area contributed by atoms with Crippen LogP contribution in [-0.4, -0.2) is 37.2 Å². The topological polar surface area (TPSA) is 26.0 Å². The molecule has 0 aliphatic heterocycles. The van der Waals surface area contributed by atoms with Gasteiger partial charge >= 0.3 is 0 Å². The number of nitrogens with two attached hydrogens (primary N) is 1. The standard InChI is InChI=1S/C10H25N2/c1-6-8-12(4,5)9-7-10(2,3)11/h6-9,11H2,1-5H3/q+1. The minimum Gasteiger partial charge on any atom is -0.328 e. The van der Waals surface area contributed by atoms with Crippen molar-refractivity contribution < 1.29 is 4.48 Å². The van der Waals surface area contributed by atoms with Gasteiger partial charge in [-0.1, -0.05) is 6.92 Å². The fourth-order valence-electron chi connectivity index (χ4n) is 1.31. The lowest BCUT2D eigenvalue weighted by Crippen LogP contribution is -2.45. The molecule has 0 saturated carbocycles. The third-order valence-corrected chi connectivity index (χ3v) is 2.19. The van der Waals surface area contributed by atoms with Gasteiger partial charge in [0.25, 0.3) is 0 Å². The zero-order valence-corrected chi connectivity index (χ0v) is 9.35. The molecule has 0 aliphatic rings. The van der Waals surface area contributed by atoms with E-state index in [1.165, 1.54) is 19.5 Å². The van der Waals surface area contributed by atoms with Gasteiger partial charge in [-0.05, 0) is 20.3 Å². The molecule has 0 unspecified atom stereocenters. The molecule has 2 N–H and O–H groups in total. The lowest BCUT2D eigenvalue weighted by Gasteiger charge is -2.32. The van der Waals surface area contributed by atoms with E-state index in [-0.39, 0.29) is 5.54 Å². The molecule has 74 valence electrons. The Balaban J connectivity index is 3.75. The van der Waals surface area contributed by atoms with Crippen molar-refractivity contribution in [2.24, 2.45) is 5.73 Å². The van der Waals surface area contributed by atoms with Crippen molar-refractivity contribution in [3.05, 3.63) is 0 Å². The van der Waals surface area contributed by atoms with E-state index in [9.17, 15) is 0 Å². The predicted molar refractivity (Wildman–Crippen MR) is 55.0 cm³/mol. The molecule has 0 amide bonds. The van der Waals surface area contributed by atoms with E-state index in [1.54, 1.807) is 0 Å². The summed E-state index contributed by atoms with van der Waals surface area (Å²) in [5.74, 6) is 0. The van der Waals surface area contributed by atoms with Crippen molar-refractivity contribution in [3.8, 4) is 0 Å². The first-order valence-electron chi connectivity index (χ1n) is 4.88. The van der Waals surface area contributed by atoms with Gasteiger partial charge in [0.05, 0.1) is 27.2 Å². The molecule has 0 aliphatic carbocycles. The average Bonchev–Trinajstić information content (AvgIpc) is 1.83. The molecular formula is C10H25N2+. The fraction of sp³-hybridized carbons (Fsp3) is 1.00. The zero-order valence-electron chi connectivity index (χ0n) is 9.35. The van der Waals surface area contributed by atoms with Gasteiger partial charge in [-0.15, -0.1) is 0 Å². The van der Waals surface area contributed by atoms with E-state index >= 15 is 0 Å². The van der Waals surface area contributed by atoms with Crippen molar-refractivity contribution >= 4 is 0 Å². The minimum absolute atomic E-state index is 0.0107. The molecule has 0 saturated heterocycles. The summed E-state index contributed by atoms with van der Waals surface area (Å²) < 4.78 is 1.09. The summed E-state index contributed by atoms with van der Waals surface area (Å²) in [5, 5.41) is 0. The average molecular weight is 173 g/mol. The Labute approximate surface area is 77.3 Å². The molecule has 0 fully saturated rings. The quantitative estimate of drug-likeness (QED) is 0.628. The van der Waals surface area contributed by atoms with Crippen molar-refractivity contribution in [1.29, 1.82) is 0 Å². The van der Waals surface area contributed by atoms with E-state index in [0.717, 1.165) is 10.9 Å². The zero-order chi connectivity index (χ0) is 9.83. The highest BCUT2D eigenvalue weighted by atomic mass is 15.3. The Morgan fingerprint density at radius 1 is 1.17 bits per heavy atom. The van der Waals surface area contributed by atoms with Gasteiger partial charge in [-0.25, -0.2) is 0 Å². The molecule has 0 spiro atoms. The van der Waals surface area contributed by atoms with E-state index in [0.29, 0.717) is 0 Å². The number of quaternary nitrogens is 1. The summed E-state index contributed by atoms with van der Waals surface area (Å²) in [4.78, 5) is 0. The number of hydrogen-bond donors (Lipinski definition) is 1. The number of hydrogen-bond acceptors (Lipinski definition) is 1. The van der Waals surface area contributed by atoms with Crippen molar-refractivity contribution in [1.82, 2.24) is 0 Å². The first-order chi connectivity index (χ1) is 5.27. The van der Waals surface area contributed by atoms with Crippen LogP contribution in [0, 0.1) is 0 Å². The van der Waals surface area contributed by atoms with Gasteiger partial charge in [-0.2, -0.15) is 0 Å². The molecule has 0 radical (unpaired) electrons. The Morgan fingerprint density at radius 2 is 1.67 bits per heavy atom. The second-order valence-electron chi connectivity index (χ2n) is 5.12. The van der Waals surface area contributed by atoms with E-state index in [4.69, 9.17) is 5.73 Å². The largest absolute Gasteiger partial charge is 0.328 e. The Bertz CT molecular complexity index is 122. The van der Waals surface area contributed by atoms with Gasteiger partial charge < -0.3 is 10.2 Å². The predicted octanol–water partition coefficient (Wildman–Crippen LogP) is 1.60. The summed E-state index contributed by atoms with van der Waals surface area (Å²) in [6, 6.07) is 0. The number of rotatable bonds is 5. The van der Waals surface area contributed by atoms with Gasteiger partial charge in [-0.3, -0.25) is 0 Å². The second kappa shape index (κ2) is 4.24. The molecule has 0 atom stereocenters. The highest BCUT2D eigenvalue weighted by molar-refractivity contribution is 4.70. The third-order valence-electron chi connectivity index (χ3n) is 2.19. The maximum Gasteiger partial charge on any atom is 0.0800 e. The lowest BCUT2D eigenvalue weighted by molar-refractivity contribution is -0.890. The number of nitrogens with zero attached hydrogens (tertiary/aromatic N) is 1. The van der Waals surface area contributed by atoms with Crippen LogP contribution in [0.15, 0.2) is 0 Å². The summed E-state index contributed by atoms with van der Waals surface area (Å²) in [7, 11) is 4.55. The van der Waals surface area contributed by atoms with Gasteiger partial charge in [0.1, 0.15) is 0 Å². The van der Waals surface area contributed by atoms with Crippen LogP contribution in [0.1, 0.15) is 33.6 Å². The highest BCUT2D eigenvalue weighted by Crippen LogP contribution is 2.08. The molecule has 0 heterocycles. The summed E-state index contributed by atoms with van der Waals surface area (Å²) in [5.41, 5.74) is 5.92. The monoisotopic (exact) mass is 173 g/mol. The molecule has 0 aromatic heterocycles. The molecule has 12 heavy (non-hydrogen) atoms. The van der Waals surface area contributed by atoms with Crippen LogP contribution < -0.4 is 5.73 Å². The van der Waals surface area contributed by atoms with Crippen LogP contribution in [0.25, 0.3) is 0 Å². The Kier molecular flexibility index (Phi) is 4.21. The van der Waals surface area contributed by atoms with Crippen LogP contribution in [0.5, 0.6) is 0 Å². The SMILES string of the molecule is CCC[N+](C)(C)CCC(C)(C)N. The highest BCUT2D eigenvalue weighted by Gasteiger charge is 2.19. The third kappa shape index (κ3) is 6.62. The summed E-state index contributed by atoms with van der Waals surface area (Å²) in [6.45, 7) is 8.85. The maximum absolute atomic E-state index is 5.93. The lowest BCUT2D eigenvalue weighted by atomic mass is 10.0. The smallest absolute Gasteiger partial charge is 0.0800 e. The van der Waals surface area contributed by atoms with E-state index < -0.39 is 0 Å². The van der Waals surface area contributed by atoms with E-state index in [1.807, 2.05) is 0 Å². The van der Waals surface area contributed by atoms with Crippen molar-refractivity contribution in [3.63, 3.8) is 0 Å². The maximum atomic E-state index is 5.93. The van der Waals surface area contributed by atoms with Crippen molar-refractivity contribution in [2.75, 3.05) is 27.2 Å². The van der Waals surface area contributed by atoms with Gasteiger partial charge in [0.2, 0.25) is 0 Å². The second-order valence-corrected chi connectivity index (χ2v) is 5.12. The first-order valence-corrected chi connectivity index (χ1v) is 4.88.